The van der Waals surface area contributed by atoms with Crippen molar-refractivity contribution in [3.8, 4) is 11.5 Å². The molecule has 1 heterocycles. The summed E-state index contributed by atoms with van der Waals surface area (Å²) in [6.45, 7) is 2.65. The Bertz CT molecular complexity index is 718. The van der Waals surface area contributed by atoms with Crippen LogP contribution in [0.1, 0.15) is 53.3 Å². The van der Waals surface area contributed by atoms with Crippen LogP contribution in [0.5, 0.6) is 11.5 Å². The first-order chi connectivity index (χ1) is 12.6. The number of methoxy groups -OCH3 is 2. The molecule has 3 N–H and O–H groups in total. The standard InChI is InChI=1S/C19H27N3O3S/c1-4-5-6-14(20)19-22-15(12-26-19)18(23)21-10-9-13-7-8-16(24-2)17(11-13)25-3/h7-8,11-12,14H,4-6,9-10,20H2,1-3H3,(H,21,23). The maximum Gasteiger partial charge on any atom is 0.270 e. The van der Waals surface area contributed by atoms with E-state index in [0.29, 0.717) is 30.2 Å². The predicted octanol–water partition coefficient (Wildman–Crippen LogP) is 3.32. The van der Waals surface area contributed by atoms with E-state index in [2.05, 4.69) is 17.2 Å². The van der Waals surface area contributed by atoms with Crippen molar-refractivity contribution in [2.45, 2.75) is 38.6 Å². The van der Waals surface area contributed by atoms with Crippen molar-refractivity contribution in [2.75, 3.05) is 20.8 Å². The Morgan fingerprint density at radius 2 is 2.08 bits per heavy atom. The average molecular weight is 378 g/mol. The van der Waals surface area contributed by atoms with E-state index in [1.54, 1.807) is 19.6 Å². The third-order valence-electron chi connectivity index (χ3n) is 4.09. The van der Waals surface area contributed by atoms with Crippen LogP contribution in [0.3, 0.4) is 0 Å². The van der Waals surface area contributed by atoms with Crippen LogP contribution in [-0.2, 0) is 6.42 Å². The third kappa shape index (κ3) is 5.44. The van der Waals surface area contributed by atoms with E-state index in [1.807, 2.05) is 18.2 Å². The molecule has 142 valence electrons. The van der Waals surface area contributed by atoms with Gasteiger partial charge in [-0.05, 0) is 30.5 Å². The minimum Gasteiger partial charge on any atom is -0.493 e. The van der Waals surface area contributed by atoms with Crippen molar-refractivity contribution in [3.05, 3.63) is 39.8 Å². The zero-order valence-electron chi connectivity index (χ0n) is 15.6. The summed E-state index contributed by atoms with van der Waals surface area (Å²) in [6, 6.07) is 5.65. The van der Waals surface area contributed by atoms with Crippen molar-refractivity contribution < 1.29 is 14.3 Å². The Kier molecular flexibility index (Phi) is 7.87. The molecule has 0 aliphatic heterocycles. The molecular weight excluding hydrogens is 350 g/mol. The number of nitrogens with two attached hydrogens (primary N) is 1. The van der Waals surface area contributed by atoms with Crippen molar-refractivity contribution in [1.82, 2.24) is 10.3 Å². The molecule has 0 aliphatic carbocycles. The Morgan fingerprint density at radius 1 is 1.31 bits per heavy atom. The summed E-state index contributed by atoms with van der Waals surface area (Å²) in [5.41, 5.74) is 7.61. The van der Waals surface area contributed by atoms with Gasteiger partial charge in [0.25, 0.3) is 5.91 Å². The highest BCUT2D eigenvalue weighted by Gasteiger charge is 2.14. The largest absolute Gasteiger partial charge is 0.493 e. The Hall–Kier alpha value is -2.12. The van der Waals surface area contributed by atoms with Gasteiger partial charge in [0.05, 0.1) is 20.3 Å². The van der Waals surface area contributed by atoms with E-state index in [4.69, 9.17) is 15.2 Å². The topological polar surface area (TPSA) is 86.5 Å². The van der Waals surface area contributed by atoms with Crippen molar-refractivity contribution in [3.63, 3.8) is 0 Å². The van der Waals surface area contributed by atoms with Crippen LogP contribution in [-0.4, -0.2) is 31.7 Å². The van der Waals surface area contributed by atoms with Crippen LogP contribution >= 0.6 is 11.3 Å². The van der Waals surface area contributed by atoms with E-state index in [1.165, 1.54) is 11.3 Å². The summed E-state index contributed by atoms with van der Waals surface area (Å²) in [4.78, 5) is 16.6. The summed E-state index contributed by atoms with van der Waals surface area (Å²) in [5.74, 6) is 1.20. The number of aromatic nitrogens is 1. The van der Waals surface area contributed by atoms with Gasteiger partial charge in [0, 0.05) is 11.9 Å². The molecule has 0 spiro atoms. The van der Waals surface area contributed by atoms with Gasteiger partial charge in [-0.1, -0.05) is 25.8 Å². The van der Waals surface area contributed by atoms with Crippen molar-refractivity contribution >= 4 is 17.2 Å². The lowest BCUT2D eigenvalue weighted by molar-refractivity contribution is 0.0949. The van der Waals surface area contributed by atoms with Crippen LogP contribution in [0.4, 0.5) is 0 Å². The summed E-state index contributed by atoms with van der Waals surface area (Å²) in [6.07, 6.45) is 3.75. The van der Waals surface area contributed by atoms with E-state index in [9.17, 15) is 4.79 Å². The van der Waals surface area contributed by atoms with E-state index in [-0.39, 0.29) is 11.9 Å². The van der Waals surface area contributed by atoms with E-state index < -0.39 is 0 Å². The van der Waals surface area contributed by atoms with Crippen molar-refractivity contribution in [2.24, 2.45) is 5.73 Å². The highest BCUT2D eigenvalue weighted by molar-refractivity contribution is 7.09. The lowest BCUT2D eigenvalue weighted by Gasteiger charge is -2.10. The predicted molar refractivity (Wildman–Crippen MR) is 104 cm³/mol. The minimum atomic E-state index is -0.171. The highest BCUT2D eigenvalue weighted by atomic mass is 32.1. The number of carbonyl (C=O) groups excluding carboxylic acids is 1. The molecule has 26 heavy (non-hydrogen) atoms. The summed E-state index contributed by atoms with van der Waals surface area (Å²) in [7, 11) is 3.21. The van der Waals surface area contributed by atoms with Gasteiger partial charge in [0.1, 0.15) is 10.7 Å². The molecule has 2 rings (SSSR count). The van der Waals surface area contributed by atoms with Gasteiger partial charge in [-0.15, -0.1) is 11.3 Å². The normalized spacial score (nSPS) is 11.8. The van der Waals surface area contributed by atoms with Gasteiger partial charge in [-0.25, -0.2) is 4.98 Å². The first kappa shape index (κ1) is 20.2. The molecule has 0 fully saturated rings. The molecule has 0 radical (unpaired) electrons. The van der Waals surface area contributed by atoms with Crippen molar-refractivity contribution in [1.29, 1.82) is 0 Å². The maximum absolute atomic E-state index is 12.3. The van der Waals surface area contributed by atoms with E-state index in [0.717, 1.165) is 29.8 Å². The fourth-order valence-corrected chi connectivity index (χ4v) is 3.39. The number of carbonyl (C=O) groups is 1. The minimum absolute atomic E-state index is 0.0896. The SMILES string of the molecule is CCCCC(N)c1nc(C(=O)NCCc2ccc(OC)c(OC)c2)cs1. The number of hydrogen-bond donors (Lipinski definition) is 2. The van der Waals surface area contributed by atoms with Gasteiger partial charge in [-0.3, -0.25) is 4.79 Å². The molecule has 0 saturated heterocycles. The number of hydrogen-bond acceptors (Lipinski definition) is 6. The van der Waals surface area contributed by atoms with Crippen LogP contribution in [0.15, 0.2) is 23.6 Å². The zero-order chi connectivity index (χ0) is 18.9. The molecule has 0 saturated carbocycles. The average Bonchev–Trinajstić information content (AvgIpc) is 3.16. The lowest BCUT2D eigenvalue weighted by Crippen LogP contribution is -2.26. The molecule has 0 bridgehead atoms. The molecule has 2 aromatic rings. The molecule has 7 heteroatoms. The Morgan fingerprint density at radius 3 is 2.77 bits per heavy atom. The number of rotatable bonds is 10. The number of unbranched alkanes of at least 4 members (excludes halogenated alkanes) is 1. The fraction of sp³-hybridized carbons (Fsp3) is 0.474. The van der Waals surface area contributed by atoms with Crippen LogP contribution in [0.2, 0.25) is 0 Å². The molecule has 1 aromatic carbocycles. The number of thiazole rings is 1. The first-order valence-electron chi connectivity index (χ1n) is 8.79. The quantitative estimate of drug-likeness (QED) is 0.663. The number of benzene rings is 1. The van der Waals surface area contributed by atoms with Gasteiger partial charge in [0.2, 0.25) is 0 Å². The molecule has 1 unspecified atom stereocenters. The summed E-state index contributed by atoms with van der Waals surface area (Å²) < 4.78 is 10.5. The highest BCUT2D eigenvalue weighted by Crippen LogP contribution is 2.27. The smallest absolute Gasteiger partial charge is 0.270 e. The molecule has 1 aromatic heterocycles. The Labute approximate surface area is 158 Å². The second-order valence-electron chi connectivity index (χ2n) is 6.01. The maximum atomic E-state index is 12.3. The molecular formula is C19H27N3O3S. The zero-order valence-corrected chi connectivity index (χ0v) is 16.4. The lowest BCUT2D eigenvalue weighted by atomic mass is 10.1. The molecule has 1 atom stereocenters. The number of amides is 1. The van der Waals surface area contributed by atoms with E-state index >= 15 is 0 Å². The van der Waals surface area contributed by atoms with Crippen LogP contribution in [0.25, 0.3) is 0 Å². The Balaban J connectivity index is 1.86. The third-order valence-corrected chi connectivity index (χ3v) is 5.06. The molecule has 6 nitrogen and oxygen atoms in total. The fourth-order valence-electron chi connectivity index (χ4n) is 2.56. The second kappa shape index (κ2) is 10.1. The molecule has 0 aliphatic rings. The number of ether oxygens (including phenoxy) is 2. The first-order valence-corrected chi connectivity index (χ1v) is 9.67. The van der Waals surface area contributed by atoms with Gasteiger partial charge in [-0.2, -0.15) is 0 Å². The van der Waals surface area contributed by atoms with Gasteiger partial charge < -0.3 is 20.5 Å². The number of nitrogens with one attached hydrogen (secondary N) is 1. The van der Waals surface area contributed by atoms with Gasteiger partial charge in [0.15, 0.2) is 11.5 Å². The summed E-state index contributed by atoms with van der Waals surface area (Å²) in [5, 5.41) is 5.49. The van der Waals surface area contributed by atoms with Crippen LogP contribution < -0.4 is 20.5 Å². The summed E-state index contributed by atoms with van der Waals surface area (Å²) >= 11 is 1.45. The molecule has 1 amide bonds. The van der Waals surface area contributed by atoms with Crippen LogP contribution in [0, 0.1) is 0 Å². The monoisotopic (exact) mass is 377 g/mol. The second-order valence-corrected chi connectivity index (χ2v) is 6.90. The number of nitrogens with zero attached hydrogens (tertiary/aromatic N) is 1. The van der Waals surface area contributed by atoms with Gasteiger partial charge >= 0.3 is 0 Å².